The van der Waals surface area contributed by atoms with E-state index < -0.39 is 4.92 Å². The lowest BCUT2D eigenvalue weighted by molar-refractivity contribution is -0.384. The molecule has 1 N–H and O–H groups in total. The number of carbonyl (C=O) groups is 1. The molecule has 0 amide bonds. The van der Waals surface area contributed by atoms with Gasteiger partial charge in [-0.3, -0.25) is 14.9 Å². The lowest BCUT2D eigenvalue weighted by Crippen LogP contribution is -1.97. The molecule has 0 aliphatic rings. The fraction of sp³-hybridized carbons (Fsp3) is 0.118. The number of carbonyl (C=O) groups excluding carboxylic acids is 1. The molecule has 3 aromatic rings. The van der Waals surface area contributed by atoms with E-state index in [-0.39, 0.29) is 22.6 Å². The van der Waals surface area contributed by atoms with E-state index in [1.807, 2.05) is 30.3 Å². The summed E-state index contributed by atoms with van der Waals surface area (Å²) in [6.07, 6.45) is 0.637. The van der Waals surface area contributed by atoms with Crippen LogP contribution in [0.3, 0.4) is 0 Å². The van der Waals surface area contributed by atoms with E-state index in [0.29, 0.717) is 23.0 Å². The van der Waals surface area contributed by atoms with Crippen LogP contribution in [0.2, 0.25) is 0 Å². The molecule has 0 unspecified atom stereocenters. The minimum Gasteiger partial charge on any atom is -0.496 e. The second kappa shape index (κ2) is 6.04. The van der Waals surface area contributed by atoms with E-state index in [2.05, 4.69) is 4.98 Å². The van der Waals surface area contributed by atoms with Crippen LogP contribution in [-0.4, -0.2) is 30.4 Å². The Bertz CT molecular complexity index is 931. The number of nitro benzene ring substituents is 1. The van der Waals surface area contributed by atoms with Crippen molar-refractivity contribution < 1.29 is 19.2 Å². The van der Waals surface area contributed by atoms with Crippen molar-refractivity contribution >= 4 is 22.9 Å². The quantitative estimate of drug-likeness (QED) is 0.439. The van der Waals surface area contributed by atoms with Crippen LogP contribution in [0.25, 0.3) is 22.0 Å². The summed E-state index contributed by atoms with van der Waals surface area (Å²) in [7, 11) is 2.80. The first kappa shape index (κ1) is 15.5. The van der Waals surface area contributed by atoms with Crippen LogP contribution in [0.15, 0.2) is 36.4 Å². The number of aldehydes is 1. The van der Waals surface area contributed by atoms with E-state index >= 15 is 0 Å². The second-order valence-corrected chi connectivity index (χ2v) is 5.03. The number of H-pyrrole nitrogens is 1. The zero-order valence-electron chi connectivity index (χ0n) is 13.0. The summed E-state index contributed by atoms with van der Waals surface area (Å²) >= 11 is 0. The standard InChI is InChI=1S/C17H14N2O5/c1-23-12-8-13(24-2)17(19(21)22)16-15(12)14(11(9-20)18-16)10-6-4-3-5-7-10/h3-9,18H,1-2H3. The average Bonchev–Trinajstić information content (AvgIpc) is 2.99. The van der Waals surface area contributed by atoms with Crippen molar-refractivity contribution in [3.8, 4) is 22.6 Å². The SMILES string of the molecule is COc1cc(OC)c2c(-c3ccccc3)c(C=O)[nH]c2c1[N+](=O)[O-]. The first-order valence-electron chi connectivity index (χ1n) is 7.08. The van der Waals surface area contributed by atoms with Crippen LogP contribution in [0.1, 0.15) is 10.5 Å². The van der Waals surface area contributed by atoms with Crippen molar-refractivity contribution in [3.05, 3.63) is 52.2 Å². The molecular formula is C17H14N2O5. The van der Waals surface area contributed by atoms with Gasteiger partial charge < -0.3 is 14.5 Å². The summed E-state index contributed by atoms with van der Waals surface area (Å²) < 4.78 is 10.5. The van der Waals surface area contributed by atoms with Gasteiger partial charge in [0.1, 0.15) is 11.3 Å². The van der Waals surface area contributed by atoms with Crippen molar-refractivity contribution in [1.29, 1.82) is 0 Å². The molecule has 0 saturated heterocycles. The largest absolute Gasteiger partial charge is 0.496 e. The van der Waals surface area contributed by atoms with Gasteiger partial charge in [-0.05, 0) is 5.56 Å². The Hall–Kier alpha value is -3.35. The molecule has 2 aromatic carbocycles. The summed E-state index contributed by atoms with van der Waals surface area (Å²) in [4.78, 5) is 25.3. The number of ether oxygens (including phenoxy) is 2. The van der Waals surface area contributed by atoms with Gasteiger partial charge in [0.05, 0.1) is 30.2 Å². The molecule has 3 rings (SSSR count). The van der Waals surface area contributed by atoms with Gasteiger partial charge in [-0.2, -0.15) is 0 Å². The topological polar surface area (TPSA) is 94.5 Å². The van der Waals surface area contributed by atoms with Crippen molar-refractivity contribution in [1.82, 2.24) is 4.98 Å². The highest BCUT2D eigenvalue weighted by Crippen LogP contribution is 2.46. The normalized spacial score (nSPS) is 10.6. The predicted octanol–water partition coefficient (Wildman–Crippen LogP) is 3.57. The number of rotatable bonds is 5. The number of benzene rings is 2. The van der Waals surface area contributed by atoms with Gasteiger partial charge in [-0.1, -0.05) is 30.3 Å². The second-order valence-electron chi connectivity index (χ2n) is 5.03. The van der Waals surface area contributed by atoms with Crippen molar-refractivity contribution in [2.45, 2.75) is 0 Å². The van der Waals surface area contributed by atoms with Gasteiger partial charge in [-0.25, -0.2) is 0 Å². The predicted molar refractivity (Wildman–Crippen MR) is 88.9 cm³/mol. The molecule has 0 aliphatic heterocycles. The Morgan fingerprint density at radius 3 is 2.33 bits per heavy atom. The molecule has 0 saturated carbocycles. The number of hydrogen-bond donors (Lipinski definition) is 1. The molecule has 7 heteroatoms. The number of hydrogen-bond acceptors (Lipinski definition) is 5. The number of nitrogens with one attached hydrogen (secondary N) is 1. The average molecular weight is 326 g/mol. The smallest absolute Gasteiger partial charge is 0.335 e. The minimum absolute atomic E-state index is 0.0580. The molecule has 0 atom stereocenters. The molecule has 0 aliphatic carbocycles. The number of fused-ring (bicyclic) bond motifs is 1. The Morgan fingerprint density at radius 2 is 1.79 bits per heavy atom. The molecule has 7 nitrogen and oxygen atoms in total. The first-order valence-corrected chi connectivity index (χ1v) is 7.08. The summed E-state index contributed by atoms with van der Waals surface area (Å²) in [5, 5.41) is 12.0. The molecule has 24 heavy (non-hydrogen) atoms. The van der Waals surface area contributed by atoms with Crippen molar-refractivity contribution in [2.24, 2.45) is 0 Å². The van der Waals surface area contributed by atoms with Crippen LogP contribution in [0, 0.1) is 10.1 Å². The molecule has 1 heterocycles. The summed E-state index contributed by atoms with van der Waals surface area (Å²) in [5.41, 5.74) is 1.51. The van der Waals surface area contributed by atoms with Gasteiger partial charge >= 0.3 is 5.69 Å². The lowest BCUT2D eigenvalue weighted by atomic mass is 10.0. The number of aromatic nitrogens is 1. The van der Waals surface area contributed by atoms with Crippen LogP contribution in [0.5, 0.6) is 11.5 Å². The maximum absolute atomic E-state index is 11.5. The minimum atomic E-state index is -0.541. The van der Waals surface area contributed by atoms with E-state index in [0.717, 1.165) is 5.56 Å². The van der Waals surface area contributed by atoms with E-state index in [9.17, 15) is 14.9 Å². The molecule has 0 bridgehead atoms. The van der Waals surface area contributed by atoms with Gasteiger partial charge in [-0.15, -0.1) is 0 Å². The fourth-order valence-corrected chi connectivity index (χ4v) is 2.82. The highest BCUT2D eigenvalue weighted by molar-refractivity contribution is 6.11. The third-order valence-electron chi connectivity index (χ3n) is 3.81. The maximum atomic E-state index is 11.5. The van der Waals surface area contributed by atoms with Crippen LogP contribution in [-0.2, 0) is 0 Å². The maximum Gasteiger partial charge on any atom is 0.335 e. The third-order valence-corrected chi connectivity index (χ3v) is 3.81. The number of nitrogens with zero attached hydrogens (tertiary/aromatic N) is 1. The Kier molecular flexibility index (Phi) is 3.91. The van der Waals surface area contributed by atoms with Crippen molar-refractivity contribution in [2.75, 3.05) is 14.2 Å². The number of nitro groups is 1. The summed E-state index contributed by atoms with van der Waals surface area (Å²) in [6, 6.07) is 10.6. The van der Waals surface area contributed by atoms with Crippen LogP contribution >= 0.6 is 0 Å². The van der Waals surface area contributed by atoms with E-state index in [1.54, 1.807) is 0 Å². The molecule has 0 spiro atoms. The lowest BCUT2D eigenvalue weighted by Gasteiger charge is -2.09. The van der Waals surface area contributed by atoms with Gasteiger partial charge in [0, 0.05) is 11.6 Å². The molecule has 122 valence electrons. The monoisotopic (exact) mass is 326 g/mol. The Labute approximate surface area is 137 Å². The zero-order chi connectivity index (χ0) is 17.3. The van der Waals surface area contributed by atoms with Crippen LogP contribution < -0.4 is 9.47 Å². The molecular weight excluding hydrogens is 312 g/mol. The zero-order valence-corrected chi connectivity index (χ0v) is 13.0. The highest BCUT2D eigenvalue weighted by atomic mass is 16.6. The Balaban J connectivity index is 2.51. The van der Waals surface area contributed by atoms with E-state index in [4.69, 9.17) is 9.47 Å². The Morgan fingerprint density at radius 1 is 1.12 bits per heavy atom. The summed E-state index contributed by atoms with van der Waals surface area (Å²) in [5.74, 6) is 0.443. The highest BCUT2D eigenvalue weighted by Gasteiger charge is 2.28. The number of aromatic amines is 1. The number of methoxy groups -OCH3 is 2. The summed E-state index contributed by atoms with van der Waals surface area (Å²) in [6.45, 7) is 0. The fourth-order valence-electron chi connectivity index (χ4n) is 2.82. The van der Waals surface area contributed by atoms with Crippen LogP contribution in [0.4, 0.5) is 5.69 Å². The van der Waals surface area contributed by atoms with Gasteiger partial charge in [0.15, 0.2) is 6.29 Å². The molecule has 1 aromatic heterocycles. The van der Waals surface area contributed by atoms with Crippen molar-refractivity contribution in [3.63, 3.8) is 0 Å². The van der Waals surface area contributed by atoms with Gasteiger partial charge in [0.2, 0.25) is 5.75 Å². The first-order chi connectivity index (χ1) is 11.6. The molecule has 0 radical (unpaired) electrons. The third kappa shape index (κ3) is 2.26. The van der Waals surface area contributed by atoms with Gasteiger partial charge in [0.25, 0.3) is 0 Å². The van der Waals surface area contributed by atoms with E-state index in [1.165, 1.54) is 20.3 Å². The molecule has 0 fully saturated rings.